The molecule has 0 radical (unpaired) electrons. The highest BCUT2D eigenvalue weighted by Crippen LogP contribution is 2.36. The zero-order valence-electron chi connectivity index (χ0n) is 19.4. The molecule has 5 nitrogen and oxygen atoms in total. The summed E-state index contributed by atoms with van der Waals surface area (Å²) >= 11 is 0. The third-order valence-corrected chi connectivity index (χ3v) is 7.19. The molecule has 2 aliphatic rings. The van der Waals surface area contributed by atoms with Gasteiger partial charge < -0.3 is 15.5 Å². The van der Waals surface area contributed by atoms with Crippen LogP contribution in [0.2, 0.25) is 0 Å². The summed E-state index contributed by atoms with van der Waals surface area (Å²) in [7, 11) is 0. The van der Waals surface area contributed by atoms with Gasteiger partial charge in [0.05, 0.1) is 0 Å². The number of hydrogen-bond donors (Lipinski definition) is 2. The fraction of sp³-hybridized carbons (Fsp3) is 0.481. The summed E-state index contributed by atoms with van der Waals surface area (Å²) in [6.07, 6.45) is 6.58. The predicted molar refractivity (Wildman–Crippen MR) is 129 cm³/mol. The van der Waals surface area contributed by atoms with Crippen molar-refractivity contribution < 1.29 is 14.0 Å². The molecular formula is C27H34FN3O2. The Hall–Kier alpha value is -2.73. The Labute approximate surface area is 195 Å². The van der Waals surface area contributed by atoms with Crippen LogP contribution < -0.4 is 10.6 Å². The molecular weight excluding hydrogens is 417 g/mol. The predicted octanol–water partition coefficient (Wildman–Crippen LogP) is 5.27. The van der Waals surface area contributed by atoms with E-state index in [1.165, 1.54) is 37.5 Å². The van der Waals surface area contributed by atoms with E-state index in [0.717, 1.165) is 45.3 Å². The molecule has 1 saturated carbocycles. The smallest absolute Gasteiger partial charge is 0.319 e. The number of halogens is 1. The lowest BCUT2D eigenvalue weighted by molar-refractivity contribution is 0.0641. The number of benzene rings is 2. The summed E-state index contributed by atoms with van der Waals surface area (Å²) in [6.45, 7) is 4.67. The fourth-order valence-electron chi connectivity index (χ4n) is 5.42. The minimum absolute atomic E-state index is 0.0177. The first-order valence-electron chi connectivity index (χ1n) is 12.1. The van der Waals surface area contributed by atoms with Gasteiger partial charge in [-0.2, -0.15) is 0 Å². The monoisotopic (exact) mass is 451 g/mol. The maximum absolute atomic E-state index is 13.1. The van der Waals surface area contributed by atoms with Crippen LogP contribution in [0.1, 0.15) is 54.9 Å². The van der Waals surface area contributed by atoms with Crippen LogP contribution in [0.15, 0.2) is 48.5 Å². The second-order valence-corrected chi connectivity index (χ2v) is 9.52. The fourth-order valence-corrected chi connectivity index (χ4v) is 5.42. The van der Waals surface area contributed by atoms with Crippen LogP contribution in [0.5, 0.6) is 0 Å². The van der Waals surface area contributed by atoms with Crippen molar-refractivity contribution in [3.63, 3.8) is 0 Å². The van der Waals surface area contributed by atoms with Gasteiger partial charge in [-0.05, 0) is 93.8 Å². The van der Waals surface area contributed by atoms with E-state index in [9.17, 15) is 14.0 Å². The number of hydrogen-bond acceptors (Lipinski definition) is 3. The third-order valence-electron chi connectivity index (χ3n) is 7.19. The molecule has 2 fully saturated rings. The number of amides is 2. The quantitative estimate of drug-likeness (QED) is 0.564. The second-order valence-electron chi connectivity index (χ2n) is 9.52. The van der Waals surface area contributed by atoms with Gasteiger partial charge >= 0.3 is 6.03 Å². The van der Waals surface area contributed by atoms with Gasteiger partial charge in [0.15, 0.2) is 5.78 Å². The van der Waals surface area contributed by atoms with Crippen molar-refractivity contribution in [1.82, 2.24) is 10.2 Å². The normalized spacial score (nSPS) is 22.9. The Balaban J connectivity index is 1.29. The van der Waals surface area contributed by atoms with E-state index >= 15 is 0 Å². The van der Waals surface area contributed by atoms with Gasteiger partial charge in [-0.3, -0.25) is 4.79 Å². The van der Waals surface area contributed by atoms with Crippen LogP contribution >= 0.6 is 0 Å². The Bertz CT molecular complexity index is 962. The maximum Gasteiger partial charge on any atom is 0.319 e. The standard InChI is InChI=1S/C27H34FN3O2/c1-19(32)22-7-2-8-24(17-22)29-27(33)30-26-9-3-6-21-14-16-31(18-25(21)26)15-4-5-20-10-12-23(28)13-11-20/h2,7-8,10-13,17,21,25-26H,3-6,9,14-16,18H2,1H3,(H2,29,30,33). The molecule has 3 unspecified atom stereocenters. The van der Waals surface area contributed by atoms with E-state index in [1.54, 1.807) is 24.3 Å². The van der Waals surface area contributed by atoms with Crippen LogP contribution in [0.3, 0.4) is 0 Å². The number of rotatable bonds is 7. The van der Waals surface area contributed by atoms with Crippen molar-refractivity contribution in [3.05, 3.63) is 65.5 Å². The van der Waals surface area contributed by atoms with Crippen molar-refractivity contribution in [2.45, 2.75) is 51.5 Å². The van der Waals surface area contributed by atoms with E-state index < -0.39 is 0 Å². The van der Waals surface area contributed by atoms with Gasteiger partial charge in [-0.25, -0.2) is 9.18 Å². The highest BCUT2D eigenvalue weighted by molar-refractivity contribution is 5.96. The van der Waals surface area contributed by atoms with Gasteiger partial charge in [0.2, 0.25) is 0 Å². The molecule has 6 heteroatoms. The Kier molecular flexibility index (Phi) is 7.76. The molecule has 4 rings (SSSR count). The molecule has 3 atom stereocenters. The second kappa shape index (κ2) is 10.9. The lowest BCUT2D eigenvalue weighted by Crippen LogP contribution is -2.53. The summed E-state index contributed by atoms with van der Waals surface area (Å²) in [5, 5.41) is 6.13. The number of Topliss-reactive ketones (excluding diaryl/α,β-unsaturated/α-hetero) is 1. The van der Waals surface area contributed by atoms with Crippen LogP contribution in [0.25, 0.3) is 0 Å². The lowest BCUT2D eigenvalue weighted by atomic mass is 9.72. The number of aryl methyl sites for hydroxylation is 1. The molecule has 33 heavy (non-hydrogen) atoms. The van der Waals surface area contributed by atoms with Gasteiger partial charge in [-0.1, -0.05) is 30.7 Å². The molecule has 1 saturated heterocycles. The SMILES string of the molecule is CC(=O)c1cccc(NC(=O)NC2CCCC3CCN(CCCc4ccc(F)cc4)CC32)c1. The number of carbonyl (C=O) groups is 2. The number of fused-ring (bicyclic) bond motifs is 1. The van der Waals surface area contributed by atoms with Gasteiger partial charge in [0.25, 0.3) is 0 Å². The Morgan fingerprint density at radius 1 is 1.09 bits per heavy atom. The molecule has 0 bridgehead atoms. The van der Waals surface area contributed by atoms with Crippen molar-refractivity contribution in [2.75, 3.05) is 25.0 Å². The molecule has 2 aromatic rings. The number of ketones is 1. The van der Waals surface area contributed by atoms with Crippen LogP contribution in [0, 0.1) is 17.7 Å². The topological polar surface area (TPSA) is 61.4 Å². The highest BCUT2D eigenvalue weighted by Gasteiger charge is 2.37. The molecule has 176 valence electrons. The zero-order chi connectivity index (χ0) is 23.2. The number of nitrogens with zero attached hydrogens (tertiary/aromatic N) is 1. The third kappa shape index (κ3) is 6.41. The van der Waals surface area contributed by atoms with Gasteiger partial charge in [0, 0.05) is 23.8 Å². The number of likely N-dealkylation sites (tertiary alicyclic amines) is 1. The lowest BCUT2D eigenvalue weighted by Gasteiger charge is -2.45. The van der Waals surface area contributed by atoms with Crippen LogP contribution in [-0.2, 0) is 6.42 Å². The van der Waals surface area contributed by atoms with Crippen LogP contribution in [-0.4, -0.2) is 42.4 Å². The molecule has 0 spiro atoms. The highest BCUT2D eigenvalue weighted by atomic mass is 19.1. The first-order valence-corrected chi connectivity index (χ1v) is 12.1. The minimum Gasteiger partial charge on any atom is -0.335 e. The number of piperidine rings is 1. The summed E-state index contributed by atoms with van der Waals surface area (Å²) in [4.78, 5) is 26.9. The largest absolute Gasteiger partial charge is 0.335 e. The molecule has 2 aromatic carbocycles. The number of anilines is 1. The van der Waals surface area contributed by atoms with Gasteiger partial charge in [0.1, 0.15) is 5.82 Å². The molecule has 2 amide bonds. The van der Waals surface area contributed by atoms with E-state index in [2.05, 4.69) is 15.5 Å². The summed E-state index contributed by atoms with van der Waals surface area (Å²) < 4.78 is 13.1. The van der Waals surface area contributed by atoms with E-state index in [0.29, 0.717) is 23.1 Å². The number of nitrogens with one attached hydrogen (secondary N) is 2. The first-order chi connectivity index (χ1) is 16.0. The van der Waals surface area contributed by atoms with E-state index in [-0.39, 0.29) is 23.7 Å². The maximum atomic E-state index is 13.1. The van der Waals surface area contributed by atoms with Crippen molar-refractivity contribution >= 4 is 17.5 Å². The molecule has 0 aromatic heterocycles. The Morgan fingerprint density at radius 3 is 2.70 bits per heavy atom. The number of urea groups is 1. The first kappa shape index (κ1) is 23.4. The Morgan fingerprint density at radius 2 is 1.91 bits per heavy atom. The average Bonchev–Trinajstić information content (AvgIpc) is 2.81. The van der Waals surface area contributed by atoms with Crippen molar-refractivity contribution in [3.8, 4) is 0 Å². The summed E-state index contributed by atoms with van der Waals surface area (Å²) in [5.41, 5.74) is 2.40. The van der Waals surface area contributed by atoms with Crippen molar-refractivity contribution in [2.24, 2.45) is 11.8 Å². The number of carbonyl (C=O) groups excluding carboxylic acids is 2. The van der Waals surface area contributed by atoms with Gasteiger partial charge in [-0.15, -0.1) is 0 Å². The average molecular weight is 452 g/mol. The minimum atomic E-state index is -0.199. The van der Waals surface area contributed by atoms with E-state index in [4.69, 9.17) is 0 Å². The zero-order valence-corrected chi connectivity index (χ0v) is 19.4. The van der Waals surface area contributed by atoms with Crippen molar-refractivity contribution in [1.29, 1.82) is 0 Å². The molecule has 1 aliphatic carbocycles. The van der Waals surface area contributed by atoms with Crippen LogP contribution in [0.4, 0.5) is 14.9 Å². The summed E-state index contributed by atoms with van der Waals surface area (Å²) in [5.74, 6) is 0.925. The summed E-state index contributed by atoms with van der Waals surface area (Å²) in [6, 6.07) is 13.8. The molecule has 2 N–H and O–H groups in total. The molecule has 1 heterocycles. The van der Waals surface area contributed by atoms with E-state index in [1.807, 2.05) is 12.1 Å². The molecule has 1 aliphatic heterocycles.